The number of amides is 1. The minimum Gasteiger partial charge on any atom is -0.325 e. The van der Waals surface area contributed by atoms with Gasteiger partial charge in [-0.2, -0.15) is 0 Å². The van der Waals surface area contributed by atoms with Crippen LogP contribution in [0.5, 0.6) is 0 Å². The molecule has 0 saturated carbocycles. The molecule has 1 aromatic carbocycles. The maximum absolute atomic E-state index is 11.8. The zero-order valence-electron chi connectivity index (χ0n) is 10.9. The Bertz CT molecular complexity index is 359. The lowest BCUT2D eigenvalue weighted by Crippen LogP contribution is -2.40. The highest BCUT2D eigenvalue weighted by Gasteiger charge is 2.19. The van der Waals surface area contributed by atoms with Crippen LogP contribution >= 0.6 is 0 Å². The zero-order chi connectivity index (χ0) is 12.8. The average molecular weight is 234 g/mol. The van der Waals surface area contributed by atoms with Crippen molar-refractivity contribution in [1.29, 1.82) is 0 Å². The van der Waals surface area contributed by atoms with E-state index in [4.69, 9.17) is 5.73 Å². The molecule has 0 heterocycles. The summed E-state index contributed by atoms with van der Waals surface area (Å²) in [5.74, 6) is 0.0912. The summed E-state index contributed by atoms with van der Waals surface area (Å²) in [4.78, 5) is 11.8. The van der Waals surface area contributed by atoms with Crippen LogP contribution in [0, 0.1) is 5.92 Å². The van der Waals surface area contributed by atoms with Gasteiger partial charge in [-0.05, 0) is 30.0 Å². The monoisotopic (exact) mass is 234 g/mol. The lowest BCUT2D eigenvalue weighted by Gasteiger charge is -2.17. The Balaban J connectivity index is 2.61. The Morgan fingerprint density at radius 1 is 1.29 bits per heavy atom. The second-order valence-electron chi connectivity index (χ2n) is 4.45. The summed E-state index contributed by atoms with van der Waals surface area (Å²) in [5, 5.41) is 2.84. The molecule has 0 radical (unpaired) electrons. The van der Waals surface area contributed by atoms with E-state index in [1.807, 2.05) is 38.1 Å². The lowest BCUT2D eigenvalue weighted by atomic mass is 9.99. The summed E-state index contributed by atoms with van der Waals surface area (Å²) >= 11 is 0. The molecular formula is C14H22N2O. The molecule has 0 aromatic heterocycles. The van der Waals surface area contributed by atoms with E-state index in [0.717, 1.165) is 18.5 Å². The molecule has 0 aliphatic carbocycles. The summed E-state index contributed by atoms with van der Waals surface area (Å²) in [7, 11) is 0. The number of carbonyl (C=O) groups is 1. The number of nitrogens with two attached hydrogens (primary N) is 1. The van der Waals surface area contributed by atoms with Crippen LogP contribution in [0.4, 0.5) is 5.69 Å². The molecule has 3 N–H and O–H groups in total. The first-order valence-electron chi connectivity index (χ1n) is 6.23. The first-order valence-corrected chi connectivity index (χ1v) is 6.23. The molecule has 0 saturated heterocycles. The van der Waals surface area contributed by atoms with Crippen LogP contribution in [0.25, 0.3) is 0 Å². The van der Waals surface area contributed by atoms with E-state index >= 15 is 0 Å². The van der Waals surface area contributed by atoms with Gasteiger partial charge in [-0.3, -0.25) is 4.79 Å². The van der Waals surface area contributed by atoms with Crippen LogP contribution in [0.2, 0.25) is 0 Å². The van der Waals surface area contributed by atoms with E-state index in [2.05, 4.69) is 12.2 Å². The normalized spacial score (nSPS) is 14.1. The van der Waals surface area contributed by atoms with E-state index in [9.17, 15) is 4.79 Å². The number of nitrogens with one attached hydrogen (secondary N) is 1. The number of hydrogen-bond acceptors (Lipinski definition) is 2. The fourth-order valence-corrected chi connectivity index (χ4v) is 1.56. The predicted molar refractivity (Wildman–Crippen MR) is 71.9 cm³/mol. The van der Waals surface area contributed by atoms with Crippen LogP contribution in [-0.2, 0) is 11.2 Å². The van der Waals surface area contributed by atoms with Gasteiger partial charge < -0.3 is 11.1 Å². The van der Waals surface area contributed by atoms with Crippen molar-refractivity contribution in [2.24, 2.45) is 11.7 Å². The maximum atomic E-state index is 11.8. The van der Waals surface area contributed by atoms with Gasteiger partial charge >= 0.3 is 0 Å². The van der Waals surface area contributed by atoms with Gasteiger partial charge in [0, 0.05) is 5.69 Å². The van der Waals surface area contributed by atoms with Gasteiger partial charge in [0.2, 0.25) is 5.91 Å². The third-order valence-electron chi connectivity index (χ3n) is 3.19. The van der Waals surface area contributed by atoms with Crippen LogP contribution in [0.1, 0.15) is 32.8 Å². The molecule has 2 atom stereocenters. The molecule has 3 nitrogen and oxygen atoms in total. The summed E-state index contributed by atoms with van der Waals surface area (Å²) in [6.07, 6.45) is 1.91. The number of aryl methyl sites for hydroxylation is 1. The highest BCUT2D eigenvalue weighted by molar-refractivity contribution is 5.94. The largest absolute Gasteiger partial charge is 0.325 e. The van der Waals surface area contributed by atoms with Gasteiger partial charge in [0.1, 0.15) is 0 Å². The van der Waals surface area contributed by atoms with Crippen molar-refractivity contribution in [1.82, 2.24) is 0 Å². The molecule has 1 amide bonds. The number of anilines is 1. The fourth-order valence-electron chi connectivity index (χ4n) is 1.56. The molecule has 0 spiro atoms. The van der Waals surface area contributed by atoms with E-state index in [-0.39, 0.29) is 11.8 Å². The smallest absolute Gasteiger partial charge is 0.241 e. The SMILES string of the molecule is CCc1ccc(NC(=O)C(N)C(C)CC)cc1. The second kappa shape index (κ2) is 6.40. The number of hydrogen-bond donors (Lipinski definition) is 2. The Kier molecular flexibility index (Phi) is 5.16. The van der Waals surface area contributed by atoms with Crippen molar-refractivity contribution in [2.45, 2.75) is 39.7 Å². The van der Waals surface area contributed by atoms with Crippen molar-refractivity contribution in [2.75, 3.05) is 5.32 Å². The van der Waals surface area contributed by atoms with Gasteiger partial charge in [0.15, 0.2) is 0 Å². The van der Waals surface area contributed by atoms with Crippen molar-refractivity contribution in [3.05, 3.63) is 29.8 Å². The quantitative estimate of drug-likeness (QED) is 0.822. The van der Waals surface area contributed by atoms with Crippen molar-refractivity contribution < 1.29 is 4.79 Å². The molecule has 0 fully saturated rings. The second-order valence-corrected chi connectivity index (χ2v) is 4.45. The van der Waals surface area contributed by atoms with Crippen LogP contribution in [0.15, 0.2) is 24.3 Å². The van der Waals surface area contributed by atoms with Gasteiger partial charge in [-0.25, -0.2) is 0 Å². The third kappa shape index (κ3) is 3.86. The molecule has 1 aromatic rings. The van der Waals surface area contributed by atoms with Crippen molar-refractivity contribution >= 4 is 11.6 Å². The zero-order valence-corrected chi connectivity index (χ0v) is 10.9. The van der Waals surface area contributed by atoms with E-state index < -0.39 is 6.04 Å². The lowest BCUT2D eigenvalue weighted by molar-refractivity contribution is -0.118. The average Bonchev–Trinajstić information content (AvgIpc) is 2.37. The van der Waals surface area contributed by atoms with E-state index in [1.165, 1.54) is 5.56 Å². The first-order chi connectivity index (χ1) is 8.08. The molecule has 0 aliphatic heterocycles. The van der Waals surface area contributed by atoms with Gasteiger partial charge in [-0.15, -0.1) is 0 Å². The van der Waals surface area contributed by atoms with Gasteiger partial charge in [-0.1, -0.05) is 39.3 Å². The molecule has 94 valence electrons. The molecule has 1 rings (SSSR count). The summed E-state index contributed by atoms with van der Waals surface area (Å²) in [5.41, 5.74) is 7.93. The van der Waals surface area contributed by atoms with Gasteiger partial charge in [0.25, 0.3) is 0 Å². The Morgan fingerprint density at radius 2 is 1.88 bits per heavy atom. The maximum Gasteiger partial charge on any atom is 0.241 e. The Morgan fingerprint density at radius 3 is 2.35 bits per heavy atom. The minimum atomic E-state index is -0.439. The minimum absolute atomic E-state index is 0.108. The standard InChI is InChI=1S/C14H22N2O/c1-4-10(3)13(15)14(17)16-12-8-6-11(5-2)7-9-12/h6-10,13H,4-5,15H2,1-3H3,(H,16,17). The van der Waals surface area contributed by atoms with Crippen molar-refractivity contribution in [3.8, 4) is 0 Å². The first kappa shape index (κ1) is 13.7. The fraction of sp³-hybridized carbons (Fsp3) is 0.500. The molecule has 0 aliphatic rings. The summed E-state index contributed by atoms with van der Waals surface area (Å²) in [6.45, 7) is 6.13. The molecule has 2 unspecified atom stereocenters. The highest BCUT2D eigenvalue weighted by Crippen LogP contribution is 2.12. The predicted octanol–water partition coefficient (Wildman–Crippen LogP) is 2.56. The number of benzene rings is 1. The molecule has 17 heavy (non-hydrogen) atoms. The van der Waals surface area contributed by atoms with Crippen LogP contribution < -0.4 is 11.1 Å². The van der Waals surface area contributed by atoms with Crippen LogP contribution in [-0.4, -0.2) is 11.9 Å². The summed E-state index contributed by atoms with van der Waals surface area (Å²) < 4.78 is 0. The molecule has 3 heteroatoms. The van der Waals surface area contributed by atoms with Crippen molar-refractivity contribution in [3.63, 3.8) is 0 Å². The van der Waals surface area contributed by atoms with E-state index in [0.29, 0.717) is 0 Å². The van der Waals surface area contributed by atoms with E-state index in [1.54, 1.807) is 0 Å². The Hall–Kier alpha value is -1.35. The highest BCUT2D eigenvalue weighted by atomic mass is 16.2. The topological polar surface area (TPSA) is 55.1 Å². The summed E-state index contributed by atoms with van der Waals surface area (Å²) in [6, 6.07) is 7.43. The molecule has 0 bridgehead atoms. The van der Waals surface area contributed by atoms with Gasteiger partial charge in [0.05, 0.1) is 6.04 Å². The number of rotatable bonds is 5. The number of carbonyl (C=O) groups excluding carboxylic acids is 1. The third-order valence-corrected chi connectivity index (χ3v) is 3.19. The molecular weight excluding hydrogens is 212 g/mol. The Labute approximate surface area is 103 Å². The van der Waals surface area contributed by atoms with Crippen LogP contribution in [0.3, 0.4) is 0 Å².